The Kier molecular flexibility index (Phi) is 3.80. The molecule has 2 aromatic rings. The first-order valence-corrected chi connectivity index (χ1v) is 7.07. The van der Waals surface area contributed by atoms with Crippen molar-refractivity contribution >= 4 is 0 Å². The van der Waals surface area contributed by atoms with E-state index in [2.05, 4.69) is 46.3 Å². The van der Waals surface area contributed by atoms with Crippen LogP contribution in [0.3, 0.4) is 0 Å². The van der Waals surface area contributed by atoms with Gasteiger partial charge < -0.3 is 9.84 Å². The van der Waals surface area contributed by atoms with E-state index in [1.807, 2.05) is 12.1 Å². The molecule has 5 heteroatoms. The van der Waals surface area contributed by atoms with E-state index < -0.39 is 0 Å². The minimum Gasteiger partial charge on any atom is -0.338 e. The van der Waals surface area contributed by atoms with Crippen LogP contribution < -0.4 is 5.32 Å². The molecule has 1 aliphatic heterocycles. The Labute approximate surface area is 119 Å². The van der Waals surface area contributed by atoms with Crippen molar-refractivity contribution < 1.29 is 4.52 Å². The summed E-state index contributed by atoms with van der Waals surface area (Å²) in [6.45, 7) is 8.05. The lowest BCUT2D eigenvalue weighted by atomic mass is 10.1. The summed E-state index contributed by atoms with van der Waals surface area (Å²) in [6, 6.07) is 8.65. The number of piperazine rings is 1. The van der Waals surface area contributed by atoms with Gasteiger partial charge in [0.25, 0.3) is 0 Å². The van der Waals surface area contributed by atoms with Crippen molar-refractivity contribution in [1.82, 2.24) is 20.4 Å². The van der Waals surface area contributed by atoms with Crippen molar-refractivity contribution in [1.29, 1.82) is 0 Å². The van der Waals surface area contributed by atoms with Gasteiger partial charge in [0, 0.05) is 31.2 Å². The molecule has 1 atom stereocenters. The Morgan fingerprint density at radius 3 is 3.15 bits per heavy atom. The maximum Gasteiger partial charge on any atom is 0.241 e. The summed E-state index contributed by atoms with van der Waals surface area (Å²) in [4.78, 5) is 6.88. The molecule has 0 radical (unpaired) electrons. The van der Waals surface area contributed by atoms with Crippen LogP contribution in [-0.4, -0.2) is 40.7 Å². The number of aryl methyl sites for hydroxylation is 1. The van der Waals surface area contributed by atoms with Crippen LogP contribution in [0.2, 0.25) is 0 Å². The topological polar surface area (TPSA) is 54.2 Å². The molecule has 2 heterocycles. The Hall–Kier alpha value is -1.72. The zero-order valence-corrected chi connectivity index (χ0v) is 12.0. The largest absolute Gasteiger partial charge is 0.338 e. The molecule has 1 aromatic carbocycles. The molecule has 0 amide bonds. The second-order valence-corrected chi connectivity index (χ2v) is 5.40. The fraction of sp³-hybridized carbons (Fsp3) is 0.467. The third-order valence-corrected chi connectivity index (χ3v) is 3.72. The van der Waals surface area contributed by atoms with E-state index in [0.29, 0.717) is 17.8 Å². The van der Waals surface area contributed by atoms with Gasteiger partial charge in [0.15, 0.2) is 0 Å². The van der Waals surface area contributed by atoms with Crippen molar-refractivity contribution in [2.75, 3.05) is 19.6 Å². The molecular formula is C15H20N4O. The first-order chi connectivity index (χ1) is 9.72. The van der Waals surface area contributed by atoms with Crippen LogP contribution in [0.15, 0.2) is 28.8 Å². The summed E-state index contributed by atoms with van der Waals surface area (Å²) in [7, 11) is 0. The molecule has 0 spiro atoms. The van der Waals surface area contributed by atoms with Crippen LogP contribution >= 0.6 is 0 Å². The predicted molar refractivity (Wildman–Crippen MR) is 77.2 cm³/mol. The van der Waals surface area contributed by atoms with Crippen LogP contribution in [0.4, 0.5) is 0 Å². The Morgan fingerprint density at radius 2 is 2.35 bits per heavy atom. The molecule has 106 valence electrons. The standard InChI is InChI=1S/C15H20N4O/c1-11-4-3-5-13(8-11)15-17-14(20-18-15)10-19-7-6-16-9-12(19)2/h3-5,8,12,16H,6-7,9-10H2,1-2H3/t12-/m1/s1. The molecular weight excluding hydrogens is 252 g/mol. The number of aromatic nitrogens is 2. The number of benzene rings is 1. The van der Waals surface area contributed by atoms with Crippen LogP contribution in [0.1, 0.15) is 18.4 Å². The molecule has 5 nitrogen and oxygen atoms in total. The van der Waals surface area contributed by atoms with E-state index in [4.69, 9.17) is 4.52 Å². The summed E-state index contributed by atoms with van der Waals surface area (Å²) in [5, 5.41) is 7.47. The van der Waals surface area contributed by atoms with E-state index in [1.54, 1.807) is 0 Å². The molecule has 1 fully saturated rings. The molecule has 1 aromatic heterocycles. The average molecular weight is 272 g/mol. The smallest absolute Gasteiger partial charge is 0.241 e. The average Bonchev–Trinajstić information content (AvgIpc) is 2.90. The molecule has 1 aliphatic rings. The molecule has 0 saturated carbocycles. The summed E-state index contributed by atoms with van der Waals surface area (Å²) < 4.78 is 5.39. The minimum absolute atomic E-state index is 0.498. The third kappa shape index (κ3) is 2.89. The van der Waals surface area contributed by atoms with Gasteiger partial charge in [-0.05, 0) is 19.9 Å². The van der Waals surface area contributed by atoms with Crippen LogP contribution in [0.25, 0.3) is 11.4 Å². The van der Waals surface area contributed by atoms with E-state index >= 15 is 0 Å². The van der Waals surface area contributed by atoms with Gasteiger partial charge in [-0.1, -0.05) is 28.9 Å². The SMILES string of the molecule is Cc1cccc(-c2noc(CN3CCNC[C@H]3C)n2)c1. The maximum absolute atomic E-state index is 5.39. The zero-order chi connectivity index (χ0) is 13.9. The number of nitrogens with zero attached hydrogens (tertiary/aromatic N) is 3. The van der Waals surface area contributed by atoms with Crippen LogP contribution in [0, 0.1) is 6.92 Å². The zero-order valence-electron chi connectivity index (χ0n) is 12.0. The summed E-state index contributed by atoms with van der Waals surface area (Å²) in [5.74, 6) is 1.36. The lowest BCUT2D eigenvalue weighted by molar-refractivity contribution is 0.146. The molecule has 1 saturated heterocycles. The van der Waals surface area contributed by atoms with E-state index in [9.17, 15) is 0 Å². The second kappa shape index (κ2) is 5.73. The lowest BCUT2D eigenvalue weighted by Crippen LogP contribution is -2.49. The normalized spacial score (nSPS) is 20.2. The summed E-state index contributed by atoms with van der Waals surface area (Å²) in [5.41, 5.74) is 2.21. The van der Waals surface area contributed by atoms with E-state index in [-0.39, 0.29) is 0 Å². The summed E-state index contributed by atoms with van der Waals surface area (Å²) >= 11 is 0. The minimum atomic E-state index is 0.498. The quantitative estimate of drug-likeness (QED) is 0.924. The fourth-order valence-corrected chi connectivity index (χ4v) is 2.51. The van der Waals surface area contributed by atoms with Crippen LogP contribution in [-0.2, 0) is 6.54 Å². The number of rotatable bonds is 3. The first-order valence-electron chi connectivity index (χ1n) is 7.07. The molecule has 0 unspecified atom stereocenters. The van der Waals surface area contributed by atoms with Gasteiger partial charge in [-0.3, -0.25) is 4.90 Å². The molecule has 0 aliphatic carbocycles. The third-order valence-electron chi connectivity index (χ3n) is 3.72. The molecule has 3 rings (SSSR count). The van der Waals surface area contributed by atoms with Gasteiger partial charge >= 0.3 is 0 Å². The second-order valence-electron chi connectivity index (χ2n) is 5.40. The number of nitrogens with one attached hydrogen (secondary N) is 1. The van der Waals surface area contributed by atoms with Gasteiger partial charge in [-0.25, -0.2) is 0 Å². The summed E-state index contributed by atoms with van der Waals surface area (Å²) in [6.07, 6.45) is 0. The van der Waals surface area contributed by atoms with Crippen molar-refractivity contribution in [3.63, 3.8) is 0 Å². The molecule has 20 heavy (non-hydrogen) atoms. The Morgan fingerprint density at radius 1 is 1.45 bits per heavy atom. The highest BCUT2D eigenvalue weighted by molar-refractivity contribution is 5.55. The van der Waals surface area contributed by atoms with E-state index in [1.165, 1.54) is 5.56 Å². The highest BCUT2D eigenvalue weighted by atomic mass is 16.5. The Bertz CT molecular complexity index is 581. The highest BCUT2D eigenvalue weighted by Gasteiger charge is 2.20. The van der Waals surface area contributed by atoms with Crippen molar-refractivity contribution in [3.05, 3.63) is 35.7 Å². The van der Waals surface area contributed by atoms with Crippen LogP contribution in [0.5, 0.6) is 0 Å². The van der Waals surface area contributed by atoms with Gasteiger partial charge in [0.1, 0.15) is 0 Å². The van der Waals surface area contributed by atoms with Gasteiger partial charge in [0.2, 0.25) is 11.7 Å². The van der Waals surface area contributed by atoms with E-state index in [0.717, 1.165) is 31.7 Å². The van der Waals surface area contributed by atoms with Crippen molar-refractivity contribution in [2.24, 2.45) is 0 Å². The first kappa shape index (κ1) is 13.3. The number of hydrogen-bond donors (Lipinski definition) is 1. The maximum atomic E-state index is 5.39. The number of hydrogen-bond acceptors (Lipinski definition) is 5. The molecule has 0 bridgehead atoms. The van der Waals surface area contributed by atoms with Crippen molar-refractivity contribution in [2.45, 2.75) is 26.4 Å². The Balaban J connectivity index is 1.73. The molecule has 1 N–H and O–H groups in total. The van der Waals surface area contributed by atoms with Gasteiger partial charge in [-0.15, -0.1) is 0 Å². The monoisotopic (exact) mass is 272 g/mol. The predicted octanol–water partition coefficient (Wildman–Crippen LogP) is 1.84. The van der Waals surface area contributed by atoms with Gasteiger partial charge in [-0.2, -0.15) is 4.98 Å². The van der Waals surface area contributed by atoms with Gasteiger partial charge in [0.05, 0.1) is 6.54 Å². The highest BCUT2D eigenvalue weighted by Crippen LogP contribution is 2.18. The van der Waals surface area contributed by atoms with Crippen molar-refractivity contribution in [3.8, 4) is 11.4 Å². The fourth-order valence-electron chi connectivity index (χ4n) is 2.51. The lowest BCUT2D eigenvalue weighted by Gasteiger charge is -2.32.